The number of hydrogen-bond acceptors (Lipinski definition) is 4. The van der Waals surface area contributed by atoms with Crippen molar-refractivity contribution in [3.05, 3.63) is 59.2 Å². The van der Waals surface area contributed by atoms with Crippen LogP contribution in [0.15, 0.2) is 36.7 Å². The summed E-state index contributed by atoms with van der Waals surface area (Å²) in [7, 11) is 0. The predicted molar refractivity (Wildman–Crippen MR) is 99.0 cm³/mol. The molecule has 0 aliphatic carbocycles. The molecule has 1 aliphatic rings. The van der Waals surface area contributed by atoms with Gasteiger partial charge in [0.2, 0.25) is 0 Å². The lowest BCUT2D eigenvalue weighted by Crippen LogP contribution is -2.38. The zero-order valence-corrected chi connectivity index (χ0v) is 16.2. The highest BCUT2D eigenvalue weighted by atomic mass is 19.4. The SMILES string of the molecule is C[C@@H]1CCN(Cc2ccc(C(F)(F)F)cc2)C[C@H]1c1cc(C(F)F)nc2ncnn12. The van der Waals surface area contributed by atoms with Crippen LogP contribution in [0.3, 0.4) is 0 Å². The predicted octanol–water partition coefficient (Wildman–Crippen LogP) is 4.71. The zero-order valence-electron chi connectivity index (χ0n) is 16.2. The van der Waals surface area contributed by atoms with E-state index in [0.29, 0.717) is 18.8 Å². The summed E-state index contributed by atoms with van der Waals surface area (Å²) in [6, 6.07) is 6.50. The first-order chi connectivity index (χ1) is 14.2. The van der Waals surface area contributed by atoms with Crippen LogP contribution < -0.4 is 0 Å². The number of halogens is 5. The first kappa shape index (κ1) is 20.6. The Balaban J connectivity index is 1.57. The van der Waals surface area contributed by atoms with Gasteiger partial charge in [-0.3, -0.25) is 4.90 Å². The monoisotopic (exact) mass is 425 g/mol. The Morgan fingerprint density at radius 2 is 1.90 bits per heavy atom. The van der Waals surface area contributed by atoms with Crippen molar-refractivity contribution in [2.75, 3.05) is 13.1 Å². The van der Waals surface area contributed by atoms with Gasteiger partial charge in [0.25, 0.3) is 12.2 Å². The van der Waals surface area contributed by atoms with Gasteiger partial charge in [0.15, 0.2) is 0 Å². The lowest BCUT2D eigenvalue weighted by Gasteiger charge is -2.37. The van der Waals surface area contributed by atoms with Crippen molar-refractivity contribution in [2.45, 2.75) is 38.4 Å². The molecule has 0 bridgehead atoms. The van der Waals surface area contributed by atoms with E-state index in [1.54, 1.807) is 0 Å². The van der Waals surface area contributed by atoms with Crippen LogP contribution in [-0.2, 0) is 12.7 Å². The molecule has 30 heavy (non-hydrogen) atoms. The van der Waals surface area contributed by atoms with Crippen LogP contribution in [0.4, 0.5) is 22.0 Å². The maximum Gasteiger partial charge on any atom is 0.416 e. The Labute approximate surface area is 169 Å². The van der Waals surface area contributed by atoms with Gasteiger partial charge in [-0.15, -0.1) is 0 Å². The molecular weight excluding hydrogens is 405 g/mol. The molecule has 3 aromatic rings. The molecule has 0 spiro atoms. The summed E-state index contributed by atoms with van der Waals surface area (Å²) < 4.78 is 66.4. The minimum absolute atomic E-state index is 0.0853. The van der Waals surface area contributed by atoms with Crippen molar-refractivity contribution >= 4 is 5.78 Å². The molecule has 0 N–H and O–H groups in total. The second kappa shape index (κ2) is 7.90. The van der Waals surface area contributed by atoms with Crippen molar-refractivity contribution in [3.8, 4) is 0 Å². The summed E-state index contributed by atoms with van der Waals surface area (Å²) in [6.45, 7) is 3.88. The lowest BCUT2D eigenvalue weighted by molar-refractivity contribution is -0.137. The van der Waals surface area contributed by atoms with E-state index in [1.807, 2.05) is 0 Å². The smallest absolute Gasteiger partial charge is 0.298 e. The van der Waals surface area contributed by atoms with Crippen molar-refractivity contribution in [1.82, 2.24) is 24.5 Å². The molecule has 2 aromatic heterocycles. The highest BCUT2D eigenvalue weighted by molar-refractivity contribution is 5.33. The number of fused-ring (bicyclic) bond motifs is 1. The van der Waals surface area contributed by atoms with Gasteiger partial charge in [-0.2, -0.15) is 23.3 Å². The Hall–Kier alpha value is -2.62. The summed E-state index contributed by atoms with van der Waals surface area (Å²) in [5.41, 5.74) is 0.376. The first-order valence-electron chi connectivity index (χ1n) is 9.59. The van der Waals surface area contributed by atoms with Crippen LogP contribution in [0.5, 0.6) is 0 Å². The van der Waals surface area contributed by atoms with E-state index in [0.717, 1.165) is 30.7 Å². The maximum atomic E-state index is 13.3. The molecule has 5 nitrogen and oxygen atoms in total. The molecule has 0 amide bonds. The molecule has 1 aliphatic heterocycles. The van der Waals surface area contributed by atoms with Gasteiger partial charge in [-0.25, -0.2) is 18.3 Å². The molecule has 2 atom stereocenters. The Morgan fingerprint density at radius 1 is 1.17 bits per heavy atom. The number of nitrogens with zero attached hydrogens (tertiary/aromatic N) is 5. The van der Waals surface area contributed by atoms with Gasteiger partial charge in [-0.05, 0) is 42.6 Å². The Morgan fingerprint density at radius 3 is 2.57 bits per heavy atom. The fraction of sp³-hybridized carbons (Fsp3) is 0.450. The van der Waals surface area contributed by atoms with Gasteiger partial charge in [-0.1, -0.05) is 19.1 Å². The van der Waals surface area contributed by atoms with Crippen LogP contribution in [0.1, 0.15) is 48.2 Å². The van der Waals surface area contributed by atoms with Crippen LogP contribution in [0.25, 0.3) is 5.78 Å². The van der Waals surface area contributed by atoms with Gasteiger partial charge in [0.1, 0.15) is 12.0 Å². The molecule has 3 heterocycles. The fourth-order valence-corrected chi connectivity index (χ4v) is 3.95. The number of aromatic nitrogens is 4. The van der Waals surface area contributed by atoms with Gasteiger partial charge < -0.3 is 0 Å². The highest BCUT2D eigenvalue weighted by Gasteiger charge is 2.32. The van der Waals surface area contributed by atoms with E-state index in [2.05, 4.69) is 26.9 Å². The van der Waals surface area contributed by atoms with E-state index >= 15 is 0 Å². The second-order valence-electron chi connectivity index (χ2n) is 7.68. The number of hydrogen-bond donors (Lipinski definition) is 0. The lowest BCUT2D eigenvalue weighted by atomic mass is 9.84. The average molecular weight is 425 g/mol. The molecule has 1 aromatic carbocycles. The molecule has 0 saturated carbocycles. The zero-order chi connectivity index (χ0) is 21.5. The van der Waals surface area contributed by atoms with Crippen LogP contribution in [0.2, 0.25) is 0 Å². The number of benzene rings is 1. The topological polar surface area (TPSA) is 46.3 Å². The molecule has 1 saturated heterocycles. The summed E-state index contributed by atoms with van der Waals surface area (Å²) in [6.07, 6.45) is -4.97. The van der Waals surface area contributed by atoms with Gasteiger partial charge in [0, 0.05) is 19.0 Å². The average Bonchev–Trinajstić information content (AvgIpc) is 3.17. The quantitative estimate of drug-likeness (QED) is 0.569. The molecule has 160 valence electrons. The third-order valence-electron chi connectivity index (χ3n) is 5.63. The van der Waals surface area contributed by atoms with Crippen LogP contribution >= 0.6 is 0 Å². The number of piperidine rings is 1. The van der Waals surface area contributed by atoms with E-state index in [4.69, 9.17) is 0 Å². The van der Waals surface area contributed by atoms with Crippen molar-refractivity contribution in [2.24, 2.45) is 5.92 Å². The third kappa shape index (κ3) is 4.14. The minimum atomic E-state index is -4.36. The second-order valence-corrected chi connectivity index (χ2v) is 7.68. The molecular formula is C20H20F5N5. The number of likely N-dealkylation sites (tertiary alicyclic amines) is 1. The normalized spacial score (nSPS) is 20.9. The number of alkyl halides is 5. The van der Waals surface area contributed by atoms with Gasteiger partial charge in [0.05, 0.1) is 11.3 Å². The fourth-order valence-electron chi connectivity index (χ4n) is 3.95. The standard InChI is InChI=1S/C20H20F5N5/c1-12-6-7-29(9-13-2-4-14(5-3-13)20(23,24)25)10-15(12)17-8-16(18(21)22)28-19-26-11-27-30(17)19/h2-5,8,11-12,15,18H,6-7,9-10H2,1H3/t12-,15-/m1/s1. The molecule has 1 fully saturated rings. The van der Waals surface area contributed by atoms with Crippen molar-refractivity contribution in [3.63, 3.8) is 0 Å². The maximum absolute atomic E-state index is 13.3. The highest BCUT2D eigenvalue weighted by Crippen LogP contribution is 2.34. The third-order valence-corrected chi connectivity index (χ3v) is 5.63. The Bertz CT molecular complexity index is 1010. The summed E-state index contributed by atoms with van der Waals surface area (Å²) in [5.74, 6) is 0.266. The van der Waals surface area contributed by atoms with Crippen molar-refractivity contribution in [1.29, 1.82) is 0 Å². The molecule has 4 rings (SSSR count). The largest absolute Gasteiger partial charge is 0.416 e. The number of rotatable bonds is 4. The summed E-state index contributed by atoms with van der Waals surface area (Å²) in [4.78, 5) is 9.95. The molecule has 0 radical (unpaired) electrons. The summed E-state index contributed by atoms with van der Waals surface area (Å²) in [5, 5.41) is 4.14. The Kier molecular flexibility index (Phi) is 5.44. The minimum Gasteiger partial charge on any atom is -0.298 e. The van der Waals surface area contributed by atoms with Crippen LogP contribution in [0, 0.1) is 5.92 Å². The molecule has 0 unspecified atom stereocenters. The van der Waals surface area contributed by atoms with E-state index < -0.39 is 18.2 Å². The van der Waals surface area contributed by atoms with Crippen molar-refractivity contribution < 1.29 is 22.0 Å². The van der Waals surface area contributed by atoms with E-state index in [1.165, 1.54) is 29.0 Å². The van der Waals surface area contributed by atoms with E-state index in [9.17, 15) is 22.0 Å². The first-order valence-corrected chi connectivity index (χ1v) is 9.59. The van der Waals surface area contributed by atoms with Gasteiger partial charge >= 0.3 is 6.18 Å². The molecule has 10 heteroatoms. The van der Waals surface area contributed by atoms with E-state index in [-0.39, 0.29) is 23.3 Å². The van der Waals surface area contributed by atoms with Crippen LogP contribution in [-0.4, -0.2) is 37.6 Å². The summed E-state index contributed by atoms with van der Waals surface area (Å²) >= 11 is 0.